The molecule has 4 rings (SSSR count). The molecule has 152 valence electrons. The van der Waals surface area contributed by atoms with Crippen LogP contribution >= 0.6 is 0 Å². The van der Waals surface area contributed by atoms with Gasteiger partial charge in [0.2, 0.25) is 0 Å². The molecule has 0 saturated carbocycles. The topological polar surface area (TPSA) is 72.6 Å². The van der Waals surface area contributed by atoms with Crippen LogP contribution in [0.15, 0.2) is 36.7 Å². The summed E-state index contributed by atoms with van der Waals surface area (Å²) in [5, 5.41) is 4.20. The standard InChI is InChI=1S/C21H24FN5O2/c1-14(2)19-10-18(25-21-23-13-24-27(19)21)20(28)26-9-3-4-15(11-26)12-29-17-7-5-16(22)6-8-17/h5-8,10,13-15H,3-4,9,11-12H2,1-2H3/t15-/m0/s1. The lowest BCUT2D eigenvalue weighted by Gasteiger charge is -2.32. The van der Waals surface area contributed by atoms with Crippen molar-refractivity contribution in [2.24, 2.45) is 5.92 Å². The predicted molar refractivity (Wildman–Crippen MR) is 105 cm³/mol. The normalized spacial score (nSPS) is 17.1. The first-order chi connectivity index (χ1) is 14.0. The third kappa shape index (κ3) is 4.21. The summed E-state index contributed by atoms with van der Waals surface area (Å²) in [4.78, 5) is 23.5. The van der Waals surface area contributed by atoms with E-state index in [4.69, 9.17) is 4.74 Å². The van der Waals surface area contributed by atoms with Gasteiger partial charge in [0, 0.05) is 19.0 Å². The van der Waals surface area contributed by atoms with Crippen LogP contribution in [0.1, 0.15) is 48.8 Å². The Hall–Kier alpha value is -3.03. The van der Waals surface area contributed by atoms with Crippen LogP contribution in [-0.2, 0) is 0 Å². The number of hydrogen-bond acceptors (Lipinski definition) is 5. The molecule has 8 heteroatoms. The summed E-state index contributed by atoms with van der Waals surface area (Å²) in [6.45, 7) is 5.89. The van der Waals surface area contributed by atoms with E-state index in [1.54, 1.807) is 16.6 Å². The third-order valence-corrected chi connectivity index (χ3v) is 5.20. The first-order valence-electron chi connectivity index (χ1n) is 9.89. The molecule has 1 aromatic carbocycles. The highest BCUT2D eigenvalue weighted by molar-refractivity contribution is 5.93. The number of halogens is 1. The minimum absolute atomic E-state index is 0.0936. The highest BCUT2D eigenvalue weighted by Crippen LogP contribution is 2.22. The van der Waals surface area contributed by atoms with Gasteiger partial charge in [0.25, 0.3) is 11.7 Å². The van der Waals surface area contributed by atoms with Gasteiger partial charge in [0.15, 0.2) is 0 Å². The largest absolute Gasteiger partial charge is 0.493 e. The monoisotopic (exact) mass is 397 g/mol. The van der Waals surface area contributed by atoms with Crippen LogP contribution < -0.4 is 4.74 Å². The van der Waals surface area contributed by atoms with Crippen LogP contribution in [0.5, 0.6) is 5.75 Å². The van der Waals surface area contributed by atoms with Crippen LogP contribution in [0.3, 0.4) is 0 Å². The van der Waals surface area contributed by atoms with Gasteiger partial charge in [-0.05, 0) is 49.1 Å². The molecule has 3 aromatic rings. The fourth-order valence-corrected chi connectivity index (χ4v) is 3.65. The number of carbonyl (C=O) groups excluding carboxylic acids is 1. The molecule has 2 aromatic heterocycles. The second-order valence-electron chi connectivity index (χ2n) is 7.72. The summed E-state index contributed by atoms with van der Waals surface area (Å²) in [6.07, 6.45) is 3.35. The van der Waals surface area contributed by atoms with Crippen LogP contribution in [0.4, 0.5) is 4.39 Å². The molecule has 1 amide bonds. The Kier molecular flexibility index (Phi) is 5.42. The van der Waals surface area contributed by atoms with Crippen molar-refractivity contribution in [3.05, 3.63) is 53.9 Å². The van der Waals surface area contributed by atoms with E-state index < -0.39 is 0 Å². The van der Waals surface area contributed by atoms with Gasteiger partial charge in [-0.1, -0.05) is 13.8 Å². The Morgan fingerprint density at radius 2 is 2.10 bits per heavy atom. The van der Waals surface area contributed by atoms with Crippen molar-refractivity contribution in [2.45, 2.75) is 32.6 Å². The van der Waals surface area contributed by atoms with Crippen molar-refractivity contribution in [2.75, 3.05) is 19.7 Å². The highest BCUT2D eigenvalue weighted by Gasteiger charge is 2.27. The molecule has 3 heterocycles. The molecule has 1 atom stereocenters. The first-order valence-corrected chi connectivity index (χ1v) is 9.89. The van der Waals surface area contributed by atoms with Crippen LogP contribution in [0.2, 0.25) is 0 Å². The van der Waals surface area contributed by atoms with Crippen LogP contribution in [0, 0.1) is 11.7 Å². The number of benzene rings is 1. The summed E-state index contributed by atoms with van der Waals surface area (Å²) in [5.74, 6) is 1.10. The van der Waals surface area contributed by atoms with Crippen molar-refractivity contribution >= 4 is 11.7 Å². The molecule has 0 N–H and O–H groups in total. The van der Waals surface area contributed by atoms with Crippen LogP contribution in [0.25, 0.3) is 5.78 Å². The number of aromatic nitrogens is 4. The van der Waals surface area contributed by atoms with E-state index in [1.165, 1.54) is 18.5 Å². The van der Waals surface area contributed by atoms with Crippen molar-refractivity contribution in [3.8, 4) is 5.75 Å². The quantitative estimate of drug-likeness (QED) is 0.660. The van der Waals surface area contributed by atoms with Gasteiger partial charge < -0.3 is 9.64 Å². The minimum atomic E-state index is -0.287. The van der Waals surface area contributed by atoms with Crippen molar-refractivity contribution in [1.29, 1.82) is 0 Å². The Morgan fingerprint density at radius 3 is 2.86 bits per heavy atom. The highest BCUT2D eigenvalue weighted by atomic mass is 19.1. The SMILES string of the molecule is CC(C)c1cc(C(=O)N2CCC[C@H](COc3ccc(F)cc3)C2)nc2ncnn12. The number of fused-ring (bicyclic) bond motifs is 1. The zero-order valence-corrected chi connectivity index (χ0v) is 16.6. The number of ether oxygens (including phenoxy) is 1. The van der Waals surface area contributed by atoms with E-state index in [0.29, 0.717) is 36.9 Å². The molecule has 1 fully saturated rings. The summed E-state index contributed by atoms with van der Waals surface area (Å²) in [6, 6.07) is 7.81. The maximum Gasteiger partial charge on any atom is 0.272 e. The minimum Gasteiger partial charge on any atom is -0.493 e. The maximum absolute atomic E-state index is 13.1. The zero-order chi connectivity index (χ0) is 20.4. The van der Waals surface area contributed by atoms with Gasteiger partial charge in [0.05, 0.1) is 12.3 Å². The molecule has 0 unspecified atom stereocenters. The molecule has 1 aliphatic heterocycles. The average molecular weight is 397 g/mol. The number of nitrogens with zero attached hydrogens (tertiary/aromatic N) is 5. The third-order valence-electron chi connectivity index (χ3n) is 5.20. The summed E-state index contributed by atoms with van der Waals surface area (Å²) < 4.78 is 20.5. The predicted octanol–water partition coefficient (Wildman–Crippen LogP) is 3.32. The number of carbonyl (C=O) groups is 1. The van der Waals surface area contributed by atoms with Gasteiger partial charge in [0.1, 0.15) is 23.6 Å². The van der Waals surface area contributed by atoms with Crippen molar-refractivity contribution in [1.82, 2.24) is 24.5 Å². The Morgan fingerprint density at radius 1 is 1.31 bits per heavy atom. The van der Waals surface area contributed by atoms with E-state index >= 15 is 0 Å². The number of piperidine rings is 1. The van der Waals surface area contributed by atoms with Gasteiger partial charge in [-0.3, -0.25) is 4.79 Å². The van der Waals surface area contributed by atoms with E-state index in [0.717, 1.165) is 18.5 Å². The van der Waals surface area contributed by atoms with E-state index in [2.05, 4.69) is 28.9 Å². The molecular weight excluding hydrogens is 373 g/mol. The fourth-order valence-electron chi connectivity index (χ4n) is 3.65. The molecule has 29 heavy (non-hydrogen) atoms. The number of amides is 1. The summed E-state index contributed by atoms with van der Waals surface area (Å²) in [5.41, 5.74) is 1.30. The molecule has 7 nitrogen and oxygen atoms in total. The van der Waals surface area contributed by atoms with Gasteiger partial charge in [-0.25, -0.2) is 13.9 Å². The lowest BCUT2D eigenvalue weighted by Crippen LogP contribution is -2.42. The van der Waals surface area contributed by atoms with Gasteiger partial charge in [-0.2, -0.15) is 10.1 Å². The van der Waals surface area contributed by atoms with E-state index in [9.17, 15) is 9.18 Å². The van der Waals surface area contributed by atoms with E-state index in [-0.39, 0.29) is 23.6 Å². The van der Waals surface area contributed by atoms with Crippen LogP contribution in [-0.4, -0.2) is 50.1 Å². The Bertz CT molecular complexity index is 1000. The van der Waals surface area contributed by atoms with Gasteiger partial charge >= 0.3 is 0 Å². The summed E-state index contributed by atoms with van der Waals surface area (Å²) >= 11 is 0. The molecule has 0 aliphatic carbocycles. The molecule has 0 spiro atoms. The second-order valence-corrected chi connectivity index (χ2v) is 7.72. The average Bonchev–Trinajstić information content (AvgIpc) is 3.21. The first kappa shape index (κ1) is 19.3. The number of likely N-dealkylation sites (tertiary alicyclic amines) is 1. The molecule has 0 bridgehead atoms. The maximum atomic E-state index is 13.1. The Labute approximate surface area is 168 Å². The van der Waals surface area contributed by atoms with Crippen molar-refractivity contribution in [3.63, 3.8) is 0 Å². The molecule has 0 radical (unpaired) electrons. The van der Waals surface area contributed by atoms with E-state index in [1.807, 2.05) is 11.0 Å². The smallest absolute Gasteiger partial charge is 0.272 e. The fraction of sp³-hybridized carbons (Fsp3) is 0.429. The van der Waals surface area contributed by atoms with Crippen molar-refractivity contribution < 1.29 is 13.9 Å². The molecule has 1 aliphatic rings. The second kappa shape index (κ2) is 8.14. The molecular formula is C21H24FN5O2. The molecule has 1 saturated heterocycles. The lowest BCUT2D eigenvalue weighted by atomic mass is 9.98. The number of hydrogen-bond donors (Lipinski definition) is 0. The zero-order valence-electron chi connectivity index (χ0n) is 16.6. The Balaban J connectivity index is 1.46. The summed E-state index contributed by atoms with van der Waals surface area (Å²) in [7, 11) is 0. The lowest BCUT2D eigenvalue weighted by molar-refractivity contribution is 0.0627. The van der Waals surface area contributed by atoms with Gasteiger partial charge in [-0.15, -0.1) is 0 Å². The number of rotatable bonds is 5.